The van der Waals surface area contributed by atoms with Gasteiger partial charge in [0.25, 0.3) is 5.91 Å². The number of amides is 1. The summed E-state index contributed by atoms with van der Waals surface area (Å²) in [4.78, 5) is 23.0. The van der Waals surface area contributed by atoms with Gasteiger partial charge >= 0.3 is 5.97 Å². The van der Waals surface area contributed by atoms with Crippen LogP contribution in [0.4, 0.5) is 0 Å². The third kappa shape index (κ3) is 6.53. The van der Waals surface area contributed by atoms with Gasteiger partial charge in [-0.2, -0.15) is 5.10 Å². The molecule has 2 aromatic rings. The number of halogens is 2. The van der Waals surface area contributed by atoms with Crippen LogP contribution in [0.15, 0.2) is 35.4 Å². The van der Waals surface area contributed by atoms with Crippen molar-refractivity contribution in [1.29, 1.82) is 0 Å². The highest BCUT2D eigenvalue weighted by Crippen LogP contribution is 2.34. The van der Waals surface area contributed by atoms with Gasteiger partial charge in [0.2, 0.25) is 0 Å². The van der Waals surface area contributed by atoms with E-state index in [1.165, 1.54) is 18.3 Å². The number of aliphatic carboxylic acids is 1. The molecule has 0 aliphatic carbocycles. The number of benzene rings is 2. The van der Waals surface area contributed by atoms with E-state index < -0.39 is 18.5 Å². The molecule has 0 unspecified atom stereocenters. The van der Waals surface area contributed by atoms with Gasteiger partial charge in [0.05, 0.1) is 29.5 Å². The molecule has 0 aliphatic rings. The lowest BCUT2D eigenvalue weighted by Gasteiger charge is -2.11. The summed E-state index contributed by atoms with van der Waals surface area (Å²) >= 11 is 12.1. The zero-order chi connectivity index (χ0) is 22.1. The average Bonchev–Trinajstić information content (AvgIpc) is 2.68. The second-order valence-corrected chi connectivity index (χ2v) is 6.54. The van der Waals surface area contributed by atoms with Gasteiger partial charge in [-0.15, -0.1) is 0 Å². The van der Waals surface area contributed by atoms with Crippen molar-refractivity contribution in [3.63, 3.8) is 0 Å². The minimum Gasteiger partial charge on any atom is -0.490 e. The molecule has 1 amide bonds. The first-order chi connectivity index (χ1) is 14.3. The van der Waals surface area contributed by atoms with Crippen LogP contribution in [0.1, 0.15) is 29.8 Å². The maximum Gasteiger partial charge on any atom is 0.341 e. The second kappa shape index (κ2) is 11.3. The quantitative estimate of drug-likeness (QED) is 0.414. The Kier molecular flexibility index (Phi) is 8.76. The van der Waals surface area contributed by atoms with Crippen molar-refractivity contribution in [3.05, 3.63) is 51.5 Å². The molecule has 8 nitrogen and oxygen atoms in total. The number of hydrogen-bond acceptors (Lipinski definition) is 6. The van der Waals surface area contributed by atoms with E-state index in [9.17, 15) is 9.59 Å². The minimum atomic E-state index is -1.16. The van der Waals surface area contributed by atoms with Crippen molar-refractivity contribution >= 4 is 41.3 Å². The highest BCUT2D eigenvalue weighted by Gasteiger charge is 2.12. The van der Waals surface area contributed by atoms with Gasteiger partial charge in [-0.25, -0.2) is 10.2 Å². The van der Waals surface area contributed by atoms with Crippen LogP contribution in [0.3, 0.4) is 0 Å². The number of carboxylic acid groups (broad SMARTS) is 1. The lowest BCUT2D eigenvalue weighted by Crippen LogP contribution is -2.17. The Bertz CT molecular complexity index is 926. The Hall–Kier alpha value is -2.97. The van der Waals surface area contributed by atoms with Crippen LogP contribution in [-0.2, 0) is 4.79 Å². The molecule has 0 heterocycles. The highest BCUT2D eigenvalue weighted by atomic mass is 35.5. The molecule has 0 atom stereocenters. The van der Waals surface area contributed by atoms with Crippen LogP contribution in [0.2, 0.25) is 10.0 Å². The molecule has 160 valence electrons. The van der Waals surface area contributed by atoms with E-state index >= 15 is 0 Å². The third-order valence-electron chi connectivity index (χ3n) is 3.55. The van der Waals surface area contributed by atoms with E-state index in [1.54, 1.807) is 18.2 Å². The van der Waals surface area contributed by atoms with Crippen molar-refractivity contribution in [2.24, 2.45) is 5.10 Å². The number of rotatable bonds is 10. The molecule has 30 heavy (non-hydrogen) atoms. The highest BCUT2D eigenvalue weighted by molar-refractivity contribution is 6.37. The number of nitrogens with zero attached hydrogens (tertiary/aromatic N) is 1. The molecule has 0 saturated carbocycles. The number of hydrazone groups is 1. The van der Waals surface area contributed by atoms with E-state index in [0.29, 0.717) is 35.8 Å². The lowest BCUT2D eigenvalue weighted by atomic mass is 10.2. The minimum absolute atomic E-state index is 0.0553. The molecule has 10 heteroatoms. The van der Waals surface area contributed by atoms with Crippen LogP contribution in [0, 0.1) is 0 Å². The number of ether oxygens (including phenoxy) is 3. The number of nitrogens with one attached hydrogen (secondary N) is 1. The Balaban J connectivity index is 2.08. The summed E-state index contributed by atoms with van der Waals surface area (Å²) in [5.41, 5.74) is 3.22. The summed E-state index contributed by atoms with van der Waals surface area (Å²) in [5, 5.41) is 12.8. The second-order valence-electron chi connectivity index (χ2n) is 5.72. The first-order valence-electron chi connectivity index (χ1n) is 8.92. The normalized spacial score (nSPS) is 10.7. The number of carbonyl (C=O) groups is 2. The predicted molar refractivity (Wildman–Crippen MR) is 113 cm³/mol. The van der Waals surface area contributed by atoms with Crippen LogP contribution in [0.5, 0.6) is 17.2 Å². The summed E-state index contributed by atoms with van der Waals surface area (Å²) in [6.07, 6.45) is 1.34. The smallest absolute Gasteiger partial charge is 0.341 e. The molecule has 0 bridgehead atoms. The summed E-state index contributed by atoms with van der Waals surface area (Å²) < 4.78 is 16.0. The van der Waals surface area contributed by atoms with Crippen LogP contribution < -0.4 is 19.6 Å². The number of carbonyl (C=O) groups excluding carboxylic acids is 1. The SMILES string of the molecule is CCOc1ccc(C(=O)N/N=C/c2cc(Cl)c(OCC(=O)O)c(Cl)c2)cc1OCC. The van der Waals surface area contributed by atoms with Crippen LogP contribution >= 0.6 is 23.2 Å². The Morgan fingerprint density at radius 1 is 1.03 bits per heavy atom. The van der Waals surface area contributed by atoms with Crippen molar-refractivity contribution in [1.82, 2.24) is 5.43 Å². The van der Waals surface area contributed by atoms with E-state index in [1.807, 2.05) is 13.8 Å². The topological polar surface area (TPSA) is 106 Å². The predicted octanol–water partition coefficient (Wildman–Crippen LogP) is 4.02. The molecule has 2 rings (SSSR count). The monoisotopic (exact) mass is 454 g/mol. The number of hydrogen-bond donors (Lipinski definition) is 2. The van der Waals surface area contributed by atoms with Gasteiger partial charge in [0.15, 0.2) is 23.9 Å². The van der Waals surface area contributed by atoms with Crippen molar-refractivity contribution in [2.75, 3.05) is 19.8 Å². The van der Waals surface area contributed by atoms with Gasteiger partial charge in [0, 0.05) is 5.56 Å². The van der Waals surface area contributed by atoms with Gasteiger partial charge in [0.1, 0.15) is 0 Å². The molecule has 2 N–H and O–H groups in total. The Labute approximate surface area is 183 Å². The molecule has 0 aliphatic heterocycles. The van der Waals surface area contributed by atoms with Crippen LogP contribution in [0.25, 0.3) is 0 Å². The molecule has 0 aromatic heterocycles. The van der Waals surface area contributed by atoms with Crippen molar-refractivity contribution in [2.45, 2.75) is 13.8 Å². The molecule has 0 spiro atoms. The standard InChI is InChI=1S/C20H20Cl2N2O6/c1-3-28-16-6-5-13(9-17(16)29-4-2)20(27)24-23-10-12-7-14(21)19(15(22)8-12)30-11-18(25)26/h5-10H,3-4,11H2,1-2H3,(H,24,27)(H,25,26)/b23-10+. The summed E-state index contributed by atoms with van der Waals surface area (Å²) in [7, 11) is 0. The van der Waals surface area contributed by atoms with E-state index in [4.69, 9.17) is 42.5 Å². The van der Waals surface area contributed by atoms with Gasteiger partial charge in [-0.05, 0) is 49.7 Å². The average molecular weight is 455 g/mol. The molecular weight excluding hydrogens is 435 g/mol. The largest absolute Gasteiger partial charge is 0.490 e. The zero-order valence-electron chi connectivity index (χ0n) is 16.3. The van der Waals surface area contributed by atoms with E-state index in [2.05, 4.69) is 10.5 Å². The zero-order valence-corrected chi connectivity index (χ0v) is 17.8. The lowest BCUT2D eigenvalue weighted by molar-refractivity contribution is -0.139. The van der Waals surface area contributed by atoms with E-state index in [0.717, 1.165) is 0 Å². The van der Waals surface area contributed by atoms with Gasteiger partial charge in [-0.3, -0.25) is 4.79 Å². The summed E-state index contributed by atoms with van der Waals surface area (Å²) in [5.74, 6) is -0.536. The summed E-state index contributed by atoms with van der Waals surface area (Å²) in [6.45, 7) is 4.02. The van der Waals surface area contributed by atoms with Crippen molar-refractivity contribution < 1.29 is 28.9 Å². The first-order valence-corrected chi connectivity index (χ1v) is 9.68. The Morgan fingerprint density at radius 3 is 2.27 bits per heavy atom. The van der Waals surface area contributed by atoms with E-state index in [-0.39, 0.29) is 15.8 Å². The van der Waals surface area contributed by atoms with Gasteiger partial charge < -0.3 is 19.3 Å². The molecule has 0 saturated heterocycles. The molecular formula is C20H20Cl2N2O6. The fraction of sp³-hybridized carbons (Fsp3) is 0.250. The van der Waals surface area contributed by atoms with Crippen molar-refractivity contribution in [3.8, 4) is 17.2 Å². The first kappa shape index (κ1) is 23.3. The summed E-state index contributed by atoms with van der Waals surface area (Å²) in [6, 6.07) is 7.78. The molecule has 0 radical (unpaired) electrons. The molecule has 0 fully saturated rings. The van der Waals surface area contributed by atoms with Crippen LogP contribution in [-0.4, -0.2) is 43.0 Å². The maximum atomic E-state index is 12.3. The number of carboxylic acids is 1. The fourth-order valence-corrected chi connectivity index (χ4v) is 2.96. The maximum absolute atomic E-state index is 12.3. The third-order valence-corrected chi connectivity index (χ3v) is 4.11. The Morgan fingerprint density at radius 2 is 1.67 bits per heavy atom. The fourth-order valence-electron chi connectivity index (χ4n) is 2.35. The molecule has 2 aromatic carbocycles. The van der Waals surface area contributed by atoms with Gasteiger partial charge in [-0.1, -0.05) is 23.2 Å².